The Hall–Kier alpha value is -0.120. The van der Waals surface area contributed by atoms with Gasteiger partial charge >= 0.3 is 0 Å². The zero-order valence-electron chi connectivity index (χ0n) is 6.92. The molecule has 0 bridgehead atoms. The normalized spacial score (nSPS) is 30.5. The van der Waals surface area contributed by atoms with Crippen LogP contribution in [0.15, 0.2) is 0 Å². The second-order valence-electron chi connectivity index (χ2n) is 3.46. The van der Waals surface area contributed by atoms with Crippen molar-refractivity contribution in [2.45, 2.75) is 0 Å². The maximum absolute atomic E-state index is 5.34. The Morgan fingerprint density at radius 1 is 0.636 bits per heavy atom. The quantitative estimate of drug-likeness (QED) is 0.457. The van der Waals surface area contributed by atoms with E-state index < -0.39 is 0 Å². The minimum absolute atomic E-state index is 0.944. The summed E-state index contributed by atoms with van der Waals surface area (Å²) in [5.41, 5.74) is 0. The zero-order valence-corrected chi connectivity index (χ0v) is 6.92. The van der Waals surface area contributed by atoms with E-state index in [1.807, 2.05) is 0 Å². The van der Waals surface area contributed by atoms with Crippen molar-refractivity contribution in [2.24, 2.45) is 0 Å². The van der Waals surface area contributed by atoms with Gasteiger partial charge in [-0.05, 0) is 0 Å². The molecule has 2 fully saturated rings. The molecule has 11 heavy (non-hydrogen) atoms. The van der Waals surface area contributed by atoms with Crippen LogP contribution in [-0.2, 0) is 9.47 Å². The smallest absolute Gasteiger partial charge is 0.103 e. The number of rotatable bonds is 0. The van der Waals surface area contributed by atoms with Crippen LogP contribution in [-0.4, -0.2) is 57.1 Å². The van der Waals surface area contributed by atoms with Crippen LogP contribution in [0.2, 0.25) is 0 Å². The Balaban J connectivity index is 1.94. The third kappa shape index (κ3) is 1.55. The van der Waals surface area contributed by atoms with Crippen LogP contribution in [0.1, 0.15) is 0 Å². The van der Waals surface area contributed by atoms with Gasteiger partial charge in [-0.3, -0.25) is 0 Å². The average Bonchev–Trinajstić information content (AvgIpc) is 2.07. The van der Waals surface area contributed by atoms with E-state index in [4.69, 9.17) is 9.47 Å². The van der Waals surface area contributed by atoms with Crippen LogP contribution < -0.4 is 0 Å². The summed E-state index contributed by atoms with van der Waals surface area (Å²) in [6.07, 6.45) is 0. The summed E-state index contributed by atoms with van der Waals surface area (Å²) in [4.78, 5) is 0. The van der Waals surface area contributed by atoms with Gasteiger partial charge in [0, 0.05) is 0 Å². The molecule has 3 heteroatoms. The molecular weight excluding hydrogens is 142 g/mol. The van der Waals surface area contributed by atoms with E-state index in [2.05, 4.69) is 0 Å². The maximum Gasteiger partial charge on any atom is 0.103 e. The first-order valence-corrected chi connectivity index (χ1v) is 4.42. The first kappa shape index (κ1) is 7.53. The molecule has 0 N–H and O–H groups in total. The Morgan fingerprint density at radius 3 is 1.36 bits per heavy atom. The minimum atomic E-state index is 0.944. The fourth-order valence-electron chi connectivity index (χ4n) is 1.91. The largest absolute Gasteiger partial charge is 0.370 e. The third-order valence-corrected chi connectivity index (χ3v) is 2.84. The molecule has 2 rings (SSSR count). The van der Waals surface area contributed by atoms with Gasteiger partial charge in [0.05, 0.1) is 26.4 Å². The lowest BCUT2D eigenvalue weighted by atomic mass is 10.2. The van der Waals surface area contributed by atoms with Crippen molar-refractivity contribution in [3.05, 3.63) is 0 Å². The van der Waals surface area contributed by atoms with Crippen molar-refractivity contribution >= 4 is 0 Å². The van der Waals surface area contributed by atoms with Gasteiger partial charge in [0.1, 0.15) is 26.2 Å². The lowest BCUT2D eigenvalue weighted by molar-refractivity contribution is -0.941. The molecule has 0 radical (unpaired) electrons. The summed E-state index contributed by atoms with van der Waals surface area (Å²) < 4.78 is 11.9. The standard InChI is InChI=1S/C8H16NO2/c1-5-10-6-2-9(1)3-7-11-8-4-9/h1-8H2/q+1. The van der Waals surface area contributed by atoms with Crippen LogP contribution in [0, 0.1) is 0 Å². The van der Waals surface area contributed by atoms with Crippen molar-refractivity contribution in [1.29, 1.82) is 0 Å². The highest BCUT2D eigenvalue weighted by Gasteiger charge is 2.32. The van der Waals surface area contributed by atoms with Gasteiger partial charge in [-0.25, -0.2) is 0 Å². The van der Waals surface area contributed by atoms with Crippen molar-refractivity contribution < 1.29 is 14.0 Å². The molecule has 2 heterocycles. The van der Waals surface area contributed by atoms with Crippen molar-refractivity contribution in [2.75, 3.05) is 52.6 Å². The Kier molecular flexibility index (Phi) is 2.11. The fourth-order valence-corrected chi connectivity index (χ4v) is 1.91. The molecular formula is C8H16NO2+. The van der Waals surface area contributed by atoms with E-state index in [-0.39, 0.29) is 0 Å². The lowest BCUT2D eigenvalue weighted by Crippen LogP contribution is -2.60. The second kappa shape index (κ2) is 3.09. The van der Waals surface area contributed by atoms with Gasteiger partial charge in [0.2, 0.25) is 0 Å². The summed E-state index contributed by atoms with van der Waals surface area (Å²) in [6, 6.07) is 0. The van der Waals surface area contributed by atoms with Crippen molar-refractivity contribution in [3.63, 3.8) is 0 Å². The summed E-state index contributed by atoms with van der Waals surface area (Å²) >= 11 is 0. The monoisotopic (exact) mass is 158 g/mol. The molecule has 0 aromatic heterocycles. The number of hydrogen-bond acceptors (Lipinski definition) is 2. The van der Waals surface area contributed by atoms with Crippen molar-refractivity contribution in [3.8, 4) is 0 Å². The molecule has 2 aliphatic rings. The predicted molar refractivity (Wildman–Crippen MR) is 41.4 cm³/mol. The molecule has 2 saturated heterocycles. The second-order valence-corrected chi connectivity index (χ2v) is 3.46. The number of ether oxygens (including phenoxy) is 2. The number of quaternary nitrogens is 1. The molecule has 3 nitrogen and oxygen atoms in total. The highest BCUT2D eigenvalue weighted by Crippen LogP contribution is 2.13. The number of hydrogen-bond donors (Lipinski definition) is 0. The molecule has 0 atom stereocenters. The van der Waals surface area contributed by atoms with Gasteiger partial charge in [0.25, 0.3) is 0 Å². The molecule has 0 aromatic rings. The van der Waals surface area contributed by atoms with Gasteiger partial charge in [-0.1, -0.05) is 0 Å². The Labute approximate surface area is 67.5 Å². The zero-order chi connectivity index (χ0) is 7.57. The van der Waals surface area contributed by atoms with Crippen molar-refractivity contribution in [1.82, 2.24) is 0 Å². The van der Waals surface area contributed by atoms with Gasteiger partial charge in [0.15, 0.2) is 0 Å². The lowest BCUT2D eigenvalue weighted by Gasteiger charge is -2.43. The highest BCUT2D eigenvalue weighted by atomic mass is 16.5. The topological polar surface area (TPSA) is 18.5 Å². The summed E-state index contributed by atoms with van der Waals surface area (Å²) in [5, 5.41) is 0. The van der Waals surface area contributed by atoms with Crippen LogP contribution in [0.25, 0.3) is 0 Å². The third-order valence-electron chi connectivity index (χ3n) is 2.84. The summed E-state index contributed by atoms with van der Waals surface area (Å²) in [7, 11) is 0. The fraction of sp³-hybridized carbons (Fsp3) is 1.00. The first-order valence-electron chi connectivity index (χ1n) is 4.42. The summed E-state index contributed by atoms with van der Waals surface area (Å²) in [6.45, 7) is 8.57. The molecule has 0 aromatic carbocycles. The van der Waals surface area contributed by atoms with Crippen LogP contribution in [0.3, 0.4) is 0 Å². The van der Waals surface area contributed by atoms with E-state index in [9.17, 15) is 0 Å². The average molecular weight is 158 g/mol. The molecule has 0 amide bonds. The van der Waals surface area contributed by atoms with Crippen LogP contribution in [0.4, 0.5) is 0 Å². The molecule has 64 valence electrons. The van der Waals surface area contributed by atoms with E-state index in [0.29, 0.717) is 0 Å². The van der Waals surface area contributed by atoms with E-state index in [1.165, 1.54) is 30.7 Å². The molecule has 0 aliphatic carbocycles. The van der Waals surface area contributed by atoms with Gasteiger partial charge < -0.3 is 14.0 Å². The molecule has 2 aliphatic heterocycles. The van der Waals surface area contributed by atoms with Gasteiger partial charge in [-0.2, -0.15) is 0 Å². The Bertz CT molecular complexity index is 107. The maximum atomic E-state index is 5.34. The SMILES string of the molecule is C1C[N+]2(CCO1)CCOCC2. The number of nitrogens with zero attached hydrogens (tertiary/aromatic N) is 1. The highest BCUT2D eigenvalue weighted by molar-refractivity contribution is 4.54. The predicted octanol–water partition coefficient (Wildman–Crippen LogP) is -0.136. The molecule has 0 unspecified atom stereocenters. The molecule has 1 spiro atoms. The van der Waals surface area contributed by atoms with Crippen LogP contribution in [0.5, 0.6) is 0 Å². The van der Waals surface area contributed by atoms with Gasteiger partial charge in [-0.15, -0.1) is 0 Å². The van der Waals surface area contributed by atoms with E-state index in [1.54, 1.807) is 0 Å². The number of morpholine rings is 2. The van der Waals surface area contributed by atoms with E-state index >= 15 is 0 Å². The summed E-state index contributed by atoms with van der Waals surface area (Å²) in [5.74, 6) is 0. The van der Waals surface area contributed by atoms with E-state index in [0.717, 1.165) is 26.4 Å². The Morgan fingerprint density at radius 2 is 1.00 bits per heavy atom. The first-order chi connectivity index (χ1) is 5.41. The minimum Gasteiger partial charge on any atom is -0.370 e. The van der Waals surface area contributed by atoms with Crippen LogP contribution >= 0.6 is 0 Å². The molecule has 0 saturated carbocycles.